The Labute approximate surface area is 308 Å². The van der Waals surface area contributed by atoms with Crippen LogP contribution >= 0.6 is 0 Å². The summed E-state index contributed by atoms with van der Waals surface area (Å²) in [5, 5.41) is 18.2. The number of anilines is 2. The molecule has 13 heteroatoms. The Morgan fingerprint density at radius 2 is 1.79 bits per heavy atom. The monoisotopic (exact) mass is 715 g/mol. The molecule has 9 rings (SSSR count). The van der Waals surface area contributed by atoms with Crippen molar-refractivity contribution in [1.29, 1.82) is 5.41 Å². The van der Waals surface area contributed by atoms with Crippen LogP contribution in [0.2, 0.25) is 0 Å². The minimum absolute atomic E-state index is 0.0940. The van der Waals surface area contributed by atoms with Crippen molar-refractivity contribution in [3.63, 3.8) is 0 Å². The van der Waals surface area contributed by atoms with Crippen molar-refractivity contribution >= 4 is 57.3 Å². The van der Waals surface area contributed by atoms with Gasteiger partial charge in [-0.3, -0.25) is 39.3 Å². The molecule has 4 aliphatic heterocycles. The summed E-state index contributed by atoms with van der Waals surface area (Å²) in [7, 11) is 2.22. The fourth-order valence-corrected chi connectivity index (χ4v) is 8.89. The molecule has 3 saturated heterocycles. The Hall–Kier alpha value is -5.17. The number of nitrogens with zero attached hydrogens (tertiary/aromatic N) is 5. The minimum atomic E-state index is -0.969. The number of carbonyl (C=O) groups is 4. The van der Waals surface area contributed by atoms with Crippen LogP contribution in [0.5, 0.6) is 0 Å². The molecule has 274 valence electrons. The lowest BCUT2D eigenvalue weighted by molar-refractivity contribution is -0.136. The van der Waals surface area contributed by atoms with E-state index in [0.29, 0.717) is 35.7 Å². The number of likely N-dealkylation sites (N-methyl/N-ethyl adjacent to an activating group) is 1. The summed E-state index contributed by atoms with van der Waals surface area (Å²) < 4.78 is 0. The highest BCUT2D eigenvalue weighted by atomic mass is 16.2. The molecule has 3 aromatic rings. The van der Waals surface area contributed by atoms with Gasteiger partial charge in [0.25, 0.3) is 11.8 Å². The molecule has 2 saturated carbocycles. The fourth-order valence-electron chi connectivity index (χ4n) is 8.89. The summed E-state index contributed by atoms with van der Waals surface area (Å²) in [5.74, 6) is -1.10. The van der Waals surface area contributed by atoms with E-state index >= 15 is 0 Å². The summed E-state index contributed by atoms with van der Waals surface area (Å²) >= 11 is 0. The van der Waals surface area contributed by atoms with E-state index in [4.69, 9.17) is 15.4 Å². The van der Waals surface area contributed by atoms with Crippen LogP contribution in [0.15, 0.2) is 48.8 Å². The van der Waals surface area contributed by atoms with E-state index in [2.05, 4.69) is 51.0 Å². The van der Waals surface area contributed by atoms with Crippen molar-refractivity contribution in [3.8, 4) is 0 Å². The molecule has 2 aliphatic carbocycles. The highest BCUT2D eigenvalue weighted by Crippen LogP contribution is 2.38. The first kappa shape index (κ1) is 33.7. The zero-order valence-corrected chi connectivity index (χ0v) is 29.9. The smallest absolute Gasteiger partial charge is 0.262 e. The van der Waals surface area contributed by atoms with Gasteiger partial charge in [0.15, 0.2) is 0 Å². The van der Waals surface area contributed by atoms with Crippen LogP contribution in [-0.4, -0.2) is 100.0 Å². The normalized spacial score (nSPS) is 27.0. The SMILES string of the molecule is CN1CC2C[C@H]1CN2c1ccc2ncc(/C(=C/NC3CC(CCCNc4ccc5c(c4)C(=O)N(C4CCC(=O)NC4=O)C5=O)C3)C(=N)C3CC3)nc2c1. The maximum Gasteiger partial charge on any atom is 0.262 e. The maximum absolute atomic E-state index is 13.2. The van der Waals surface area contributed by atoms with E-state index < -0.39 is 29.7 Å². The number of carbonyl (C=O) groups excluding carboxylic acids is 4. The van der Waals surface area contributed by atoms with E-state index in [1.165, 1.54) is 12.1 Å². The van der Waals surface area contributed by atoms with Crippen LogP contribution in [0.3, 0.4) is 0 Å². The van der Waals surface area contributed by atoms with Crippen LogP contribution in [0.1, 0.15) is 84.2 Å². The average Bonchev–Trinajstić information content (AvgIpc) is 3.75. The molecule has 0 spiro atoms. The molecule has 13 nitrogen and oxygen atoms in total. The molecule has 5 heterocycles. The van der Waals surface area contributed by atoms with E-state index in [-0.39, 0.29) is 24.0 Å². The molecule has 1 aromatic heterocycles. The Morgan fingerprint density at radius 3 is 2.55 bits per heavy atom. The van der Waals surface area contributed by atoms with Crippen molar-refractivity contribution in [3.05, 3.63) is 65.6 Å². The topological polar surface area (TPSA) is 164 Å². The van der Waals surface area contributed by atoms with Crippen molar-refractivity contribution in [2.45, 2.75) is 82.0 Å². The van der Waals surface area contributed by atoms with Crippen LogP contribution < -0.4 is 20.9 Å². The average molecular weight is 716 g/mol. The summed E-state index contributed by atoms with van der Waals surface area (Å²) in [5.41, 5.74) is 6.50. The maximum atomic E-state index is 13.2. The molecule has 6 aliphatic rings. The van der Waals surface area contributed by atoms with E-state index in [1.807, 2.05) is 12.4 Å². The summed E-state index contributed by atoms with van der Waals surface area (Å²) in [6.45, 7) is 2.88. The molecular weight excluding hydrogens is 670 g/mol. The van der Waals surface area contributed by atoms with Crippen molar-refractivity contribution < 1.29 is 19.2 Å². The van der Waals surface area contributed by atoms with Crippen LogP contribution in [-0.2, 0) is 9.59 Å². The molecule has 4 N–H and O–H groups in total. The molecule has 2 aromatic carbocycles. The fraction of sp³-hybridized carbons (Fsp3) is 0.475. The number of hydrogen-bond acceptors (Lipinski definition) is 11. The Morgan fingerprint density at radius 1 is 0.962 bits per heavy atom. The Balaban J connectivity index is 0.777. The molecular formula is C40H45N9O4. The van der Waals surface area contributed by atoms with Gasteiger partial charge in [-0.25, -0.2) is 4.98 Å². The molecule has 0 radical (unpaired) electrons. The standard InChI is InChI=1S/C40H45N9O4/c1-47-20-28-16-27(47)21-48(28)26-7-9-32-33(17-26)45-34(19-44-32)31(37(41)23-4-5-23)18-43-25-13-22(14-25)3-2-12-42-24-6-8-29-30(15-24)40(53)49(39(29)52)35-10-11-36(50)46-38(35)51/h6-9,15,17-19,22-23,25,27-28,35,41-43H,2-5,10-14,16,20-21H2,1H3,(H,46,50,51)/b31-18-,41-37?/t22?,25?,27-,28?,35?/m0/s1. The third kappa shape index (κ3) is 6.34. The second kappa shape index (κ2) is 13.4. The van der Waals surface area contributed by atoms with Crippen molar-refractivity contribution in [2.24, 2.45) is 11.8 Å². The zero-order chi connectivity index (χ0) is 36.4. The van der Waals surface area contributed by atoms with E-state index in [1.54, 1.807) is 18.2 Å². The number of piperazine rings is 1. The number of nitrogens with one attached hydrogen (secondary N) is 4. The van der Waals surface area contributed by atoms with Crippen molar-refractivity contribution in [2.75, 3.05) is 36.9 Å². The first-order valence-corrected chi connectivity index (χ1v) is 19.1. The highest BCUT2D eigenvalue weighted by Gasteiger charge is 2.45. The van der Waals surface area contributed by atoms with E-state index in [9.17, 15) is 19.2 Å². The second-order valence-electron chi connectivity index (χ2n) is 15.8. The number of imide groups is 2. The summed E-state index contributed by atoms with van der Waals surface area (Å²) in [6.07, 6.45) is 11.5. The predicted octanol–water partition coefficient (Wildman–Crippen LogP) is 3.95. The number of amides is 4. The van der Waals surface area contributed by atoms with Crippen LogP contribution in [0.4, 0.5) is 11.4 Å². The number of likely N-dealkylation sites (tertiary alicyclic amines) is 1. The first-order chi connectivity index (χ1) is 25.7. The van der Waals surface area contributed by atoms with Gasteiger partial charge in [0.1, 0.15) is 6.04 Å². The van der Waals surface area contributed by atoms with Gasteiger partial charge in [0, 0.05) is 79.0 Å². The number of rotatable bonds is 12. The van der Waals surface area contributed by atoms with Crippen molar-refractivity contribution in [1.82, 2.24) is 30.4 Å². The van der Waals surface area contributed by atoms with Gasteiger partial charge in [-0.15, -0.1) is 0 Å². The third-order valence-corrected chi connectivity index (χ3v) is 12.2. The largest absolute Gasteiger partial charge is 0.388 e. The highest BCUT2D eigenvalue weighted by molar-refractivity contribution is 6.24. The third-order valence-electron chi connectivity index (χ3n) is 12.2. The minimum Gasteiger partial charge on any atom is -0.388 e. The molecule has 2 unspecified atom stereocenters. The number of hydrogen-bond donors (Lipinski definition) is 4. The molecule has 53 heavy (non-hydrogen) atoms. The summed E-state index contributed by atoms with van der Waals surface area (Å²) in [6, 6.07) is 12.1. The lowest BCUT2D eigenvalue weighted by Gasteiger charge is -2.36. The number of benzene rings is 2. The predicted molar refractivity (Wildman–Crippen MR) is 201 cm³/mol. The quantitative estimate of drug-likeness (QED) is 0.123. The van der Waals surface area contributed by atoms with Gasteiger partial charge in [-0.2, -0.15) is 0 Å². The van der Waals surface area contributed by atoms with Gasteiger partial charge in [-0.05, 0) is 101 Å². The molecule has 2 bridgehead atoms. The van der Waals surface area contributed by atoms with Gasteiger partial charge in [0.05, 0.1) is 34.1 Å². The van der Waals surface area contributed by atoms with Gasteiger partial charge in [-0.1, -0.05) is 0 Å². The van der Waals surface area contributed by atoms with Gasteiger partial charge in [0.2, 0.25) is 11.8 Å². The zero-order valence-electron chi connectivity index (χ0n) is 29.9. The molecule has 3 atom stereocenters. The molecule has 4 amide bonds. The van der Waals surface area contributed by atoms with E-state index in [0.717, 1.165) is 91.0 Å². The lowest BCUT2D eigenvalue weighted by Crippen LogP contribution is -2.54. The number of allylic oxidation sites excluding steroid dienone is 1. The Bertz CT molecular complexity index is 2070. The van der Waals surface area contributed by atoms with Gasteiger partial charge >= 0.3 is 0 Å². The Kier molecular flexibility index (Phi) is 8.48. The van der Waals surface area contributed by atoms with Crippen LogP contribution in [0.25, 0.3) is 16.6 Å². The number of piperidine rings is 1. The summed E-state index contributed by atoms with van der Waals surface area (Å²) in [4.78, 5) is 65.8. The number of aromatic nitrogens is 2. The second-order valence-corrected chi connectivity index (χ2v) is 15.8. The van der Waals surface area contributed by atoms with Crippen LogP contribution in [0, 0.1) is 17.2 Å². The molecule has 5 fully saturated rings. The number of fused-ring (bicyclic) bond motifs is 4. The van der Waals surface area contributed by atoms with Gasteiger partial charge < -0.3 is 20.9 Å². The lowest BCUT2D eigenvalue weighted by atomic mass is 9.77. The first-order valence-electron chi connectivity index (χ1n) is 19.1.